The van der Waals surface area contributed by atoms with Crippen molar-refractivity contribution in [3.05, 3.63) is 28.8 Å². The van der Waals surface area contributed by atoms with Gasteiger partial charge in [-0.1, -0.05) is 6.07 Å². The van der Waals surface area contributed by atoms with E-state index in [2.05, 4.69) is 12.1 Å². The maximum Gasteiger partial charge on any atom is 0.410 e. The molecule has 0 fully saturated rings. The highest BCUT2D eigenvalue weighted by atomic mass is 16.6. The minimum atomic E-state index is -0.494. The fourth-order valence-corrected chi connectivity index (χ4v) is 3.17. The number of benzene rings is 1. The van der Waals surface area contributed by atoms with Crippen molar-refractivity contribution in [2.45, 2.75) is 45.3 Å². The first-order chi connectivity index (χ1) is 10.8. The van der Waals surface area contributed by atoms with Crippen LogP contribution in [0.4, 0.5) is 4.79 Å². The van der Waals surface area contributed by atoms with E-state index in [4.69, 9.17) is 14.2 Å². The Morgan fingerprint density at radius 3 is 2.83 bits per heavy atom. The van der Waals surface area contributed by atoms with E-state index >= 15 is 0 Å². The lowest BCUT2D eigenvalue weighted by Gasteiger charge is -2.32. The molecule has 2 heterocycles. The lowest BCUT2D eigenvalue weighted by Crippen LogP contribution is -2.38. The third-order valence-electron chi connectivity index (χ3n) is 4.17. The third kappa shape index (κ3) is 3.44. The van der Waals surface area contributed by atoms with Crippen molar-refractivity contribution in [2.75, 3.05) is 26.8 Å². The largest absolute Gasteiger partial charge is 0.493 e. The molecule has 0 saturated heterocycles. The molecule has 5 nitrogen and oxygen atoms in total. The predicted octanol–water partition coefficient (Wildman–Crippen LogP) is 3.10. The van der Waals surface area contributed by atoms with Crippen molar-refractivity contribution in [3.63, 3.8) is 0 Å². The Morgan fingerprint density at radius 1 is 1.30 bits per heavy atom. The monoisotopic (exact) mass is 319 g/mol. The topological polar surface area (TPSA) is 48.0 Å². The van der Waals surface area contributed by atoms with E-state index < -0.39 is 5.60 Å². The average molecular weight is 319 g/mol. The van der Waals surface area contributed by atoms with Gasteiger partial charge in [-0.3, -0.25) is 0 Å². The van der Waals surface area contributed by atoms with E-state index in [1.54, 1.807) is 11.9 Å². The summed E-state index contributed by atoms with van der Waals surface area (Å²) in [7, 11) is 1.76. The number of nitrogens with zero attached hydrogens (tertiary/aromatic N) is 1. The van der Waals surface area contributed by atoms with Crippen LogP contribution in [-0.2, 0) is 22.3 Å². The predicted molar refractivity (Wildman–Crippen MR) is 86.9 cm³/mol. The van der Waals surface area contributed by atoms with Gasteiger partial charge in [0.2, 0.25) is 0 Å². The van der Waals surface area contributed by atoms with Gasteiger partial charge in [0.25, 0.3) is 0 Å². The molecular formula is C18H25NO4. The van der Waals surface area contributed by atoms with Crippen LogP contribution < -0.4 is 4.74 Å². The second kappa shape index (κ2) is 6.04. The number of amides is 1. The molecule has 1 unspecified atom stereocenters. The second-order valence-corrected chi connectivity index (χ2v) is 7.18. The van der Waals surface area contributed by atoms with E-state index in [9.17, 15) is 4.79 Å². The first-order valence-electron chi connectivity index (χ1n) is 8.18. The Balaban J connectivity index is 1.78. The van der Waals surface area contributed by atoms with Gasteiger partial charge in [0, 0.05) is 19.0 Å². The molecule has 126 valence electrons. The Morgan fingerprint density at radius 2 is 2.09 bits per heavy atom. The summed E-state index contributed by atoms with van der Waals surface area (Å²) in [5.41, 5.74) is 3.26. The number of carbonyl (C=O) groups excluding carboxylic acids is 1. The van der Waals surface area contributed by atoms with Crippen LogP contribution >= 0.6 is 0 Å². The molecule has 2 aliphatic rings. The molecule has 0 saturated carbocycles. The summed E-state index contributed by atoms with van der Waals surface area (Å²) in [5, 5.41) is 0. The number of fused-ring (bicyclic) bond motifs is 3. The molecule has 0 aliphatic carbocycles. The molecule has 3 rings (SSSR count). The van der Waals surface area contributed by atoms with Crippen LogP contribution in [0.1, 0.15) is 43.6 Å². The SMILES string of the molecule is CN(CC1OCCc2ccc3c(c21)CCO3)C(=O)OC(C)(C)C. The zero-order valence-corrected chi connectivity index (χ0v) is 14.3. The smallest absolute Gasteiger partial charge is 0.410 e. The highest BCUT2D eigenvalue weighted by Crippen LogP contribution is 2.38. The minimum absolute atomic E-state index is 0.118. The summed E-state index contributed by atoms with van der Waals surface area (Å²) in [4.78, 5) is 13.8. The van der Waals surface area contributed by atoms with Crippen molar-refractivity contribution in [1.82, 2.24) is 4.90 Å². The number of hydrogen-bond donors (Lipinski definition) is 0. The van der Waals surface area contributed by atoms with Crippen molar-refractivity contribution in [3.8, 4) is 5.75 Å². The Hall–Kier alpha value is -1.75. The van der Waals surface area contributed by atoms with Crippen LogP contribution in [0.3, 0.4) is 0 Å². The maximum atomic E-state index is 12.2. The molecule has 1 atom stereocenters. The number of rotatable bonds is 2. The van der Waals surface area contributed by atoms with E-state index in [0.717, 1.165) is 25.2 Å². The number of carbonyl (C=O) groups is 1. The molecular weight excluding hydrogens is 294 g/mol. The van der Waals surface area contributed by atoms with Crippen molar-refractivity contribution >= 4 is 6.09 Å². The molecule has 0 radical (unpaired) electrons. The molecule has 2 aliphatic heterocycles. The van der Waals surface area contributed by atoms with E-state index in [0.29, 0.717) is 13.2 Å². The fourth-order valence-electron chi connectivity index (χ4n) is 3.17. The van der Waals surface area contributed by atoms with Gasteiger partial charge in [0.1, 0.15) is 17.5 Å². The average Bonchev–Trinajstić information content (AvgIpc) is 2.94. The Kier molecular flexibility index (Phi) is 4.23. The van der Waals surface area contributed by atoms with Gasteiger partial charge in [-0.25, -0.2) is 4.79 Å². The minimum Gasteiger partial charge on any atom is -0.493 e. The summed E-state index contributed by atoms with van der Waals surface area (Å²) < 4.78 is 17.1. The van der Waals surface area contributed by atoms with Crippen LogP contribution in [0.5, 0.6) is 5.75 Å². The summed E-state index contributed by atoms with van der Waals surface area (Å²) in [6, 6.07) is 4.18. The van der Waals surface area contributed by atoms with Crippen LogP contribution in [0.15, 0.2) is 12.1 Å². The zero-order chi connectivity index (χ0) is 16.6. The normalized spacial score (nSPS) is 19.6. The van der Waals surface area contributed by atoms with Crippen LogP contribution in [0.2, 0.25) is 0 Å². The molecule has 0 aromatic heterocycles. The summed E-state index contributed by atoms with van der Waals surface area (Å²) >= 11 is 0. The van der Waals surface area contributed by atoms with Crippen LogP contribution in [-0.4, -0.2) is 43.4 Å². The summed E-state index contributed by atoms with van der Waals surface area (Å²) in [5.74, 6) is 0.958. The Bertz CT molecular complexity index is 606. The highest BCUT2D eigenvalue weighted by Gasteiger charge is 2.31. The maximum absolute atomic E-state index is 12.2. The molecule has 0 N–H and O–H groups in total. The molecule has 1 amide bonds. The lowest BCUT2D eigenvalue weighted by molar-refractivity contribution is -0.00192. The summed E-state index contributed by atoms with van der Waals surface area (Å²) in [6.45, 7) is 7.50. The molecule has 0 spiro atoms. The van der Waals surface area contributed by atoms with Crippen LogP contribution in [0, 0.1) is 0 Å². The van der Waals surface area contributed by atoms with Crippen molar-refractivity contribution in [1.29, 1.82) is 0 Å². The number of hydrogen-bond acceptors (Lipinski definition) is 4. The fraction of sp³-hybridized carbons (Fsp3) is 0.611. The number of ether oxygens (including phenoxy) is 3. The third-order valence-corrected chi connectivity index (χ3v) is 4.17. The number of likely N-dealkylation sites (N-methyl/N-ethyl adjacent to an activating group) is 1. The molecule has 1 aromatic rings. The van der Waals surface area contributed by atoms with E-state index in [1.165, 1.54) is 16.7 Å². The van der Waals surface area contributed by atoms with Crippen molar-refractivity contribution < 1.29 is 19.0 Å². The molecule has 1 aromatic carbocycles. The van der Waals surface area contributed by atoms with E-state index in [1.807, 2.05) is 20.8 Å². The lowest BCUT2D eigenvalue weighted by atomic mass is 9.91. The first kappa shape index (κ1) is 16.1. The van der Waals surface area contributed by atoms with Gasteiger partial charge in [-0.2, -0.15) is 0 Å². The van der Waals surface area contributed by atoms with Gasteiger partial charge in [-0.05, 0) is 44.4 Å². The quantitative estimate of drug-likeness (QED) is 0.840. The van der Waals surface area contributed by atoms with Gasteiger partial charge in [-0.15, -0.1) is 0 Å². The molecule has 23 heavy (non-hydrogen) atoms. The van der Waals surface area contributed by atoms with Gasteiger partial charge in [0.05, 0.1) is 19.8 Å². The van der Waals surface area contributed by atoms with Crippen molar-refractivity contribution in [2.24, 2.45) is 0 Å². The van der Waals surface area contributed by atoms with Gasteiger partial charge in [0.15, 0.2) is 0 Å². The molecule has 5 heteroatoms. The van der Waals surface area contributed by atoms with E-state index in [-0.39, 0.29) is 12.2 Å². The standard InChI is InChI=1S/C18H25NO4/c1-18(2,3)23-17(20)19(4)11-15-16-12(7-9-22-15)5-6-14-13(16)8-10-21-14/h5-6,15H,7-11H2,1-4H3. The van der Waals surface area contributed by atoms with Crippen LogP contribution in [0.25, 0.3) is 0 Å². The first-order valence-corrected chi connectivity index (χ1v) is 8.18. The second-order valence-electron chi connectivity index (χ2n) is 7.18. The van der Waals surface area contributed by atoms with Gasteiger partial charge < -0.3 is 19.1 Å². The zero-order valence-electron chi connectivity index (χ0n) is 14.3. The highest BCUT2D eigenvalue weighted by molar-refractivity contribution is 5.67. The summed E-state index contributed by atoms with van der Waals surface area (Å²) in [6.07, 6.45) is 1.38. The molecule has 0 bridgehead atoms. The Labute approximate surface area is 137 Å². The van der Waals surface area contributed by atoms with Gasteiger partial charge >= 0.3 is 6.09 Å².